The number of nitrogens with one attached hydrogen (secondary N) is 2. The number of anilines is 1. The number of amides is 1. The van der Waals surface area contributed by atoms with Crippen molar-refractivity contribution in [1.29, 1.82) is 0 Å². The fraction of sp³-hybridized carbons (Fsp3) is 0.200. The highest BCUT2D eigenvalue weighted by Crippen LogP contribution is 2.28. The van der Waals surface area contributed by atoms with Crippen LogP contribution in [0.4, 0.5) is 23.4 Å². The van der Waals surface area contributed by atoms with Crippen LogP contribution in [0.3, 0.4) is 0 Å². The molecule has 0 unspecified atom stereocenters. The Morgan fingerprint density at radius 1 is 1.17 bits per heavy atom. The van der Waals surface area contributed by atoms with Crippen LogP contribution in [0.25, 0.3) is 0 Å². The second-order valence-corrected chi connectivity index (χ2v) is 5.17. The van der Waals surface area contributed by atoms with Crippen molar-refractivity contribution in [3.63, 3.8) is 0 Å². The zero-order chi connectivity index (χ0) is 17.7. The van der Waals surface area contributed by atoms with Gasteiger partial charge in [-0.1, -0.05) is 11.6 Å². The molecule has 1 aromatic heterocycles. The highest BCUT2D eigenvalue weighted by atomic mass is 35.5. The molecule has 128 valence electrons. The first-order valence-corrected chi connectivity index (χ1v) is 7.15. The number of rotatable bonds is 5. The number of carbonyl (C=O) groups excluding carboxylic acids is 1. The lowest BCUT2D eigenvalue weighted by molar-refractivity contribution is -0.137. The van der Waals surface area contributed by atoms with Gasteiger partial charge >= 0.3 is 6.18 Å². The number of nitrogens with zero attached hydrogens (tertiary/aromatic N) is 1. The Hall–Kier alpha value is -2.35. The van der Waals surface area contributed by atoms with Gasteiger partial charge in [-0.15, -0.1) is 0 Å². The largest absolute Gasteiger partial charge is 0.417 e. The van der Waals surface area contributed by atoms with E-state index >= 15 is 0 Å². The highest BCUT2D eigenvalue weighted by Gasteiger charge is 2.30. The Balaban J connectivity index is 1.81. The zero-order valence-corrected chi connectivity index (χ0v) is 12.9. The average Bonchev–Trinajstić information content (AvgIpc) is 2.51. The van der Waals surface area contributed by atoms with E-state index in [9.17, 15) is 22.4 Å². The van der Waals surface area contributed by atoms with E-state index in [4.69, 9.17) is 11.6 Å². The van der Waals surface area contributed by atoms with Crippen molar-refractivity contribution in [2.75, 3.05) is 18.4 Å². The van der Waals surface area contributed by atoms with Gasteiger partial charge in [-0.25, -0.2) is 9.37 Å². The minimum Gasteiger partial charge on any atom is -0.368 e. The van der Waals surface area contributed by atoms with E-state index in [-0.39, 0.29) is 29.5 Å². The molecule has 1 amide bonds. The van der Waals surface area contributed by atoms with Gasteiger partial charge in [0.15, 0.2) is 0 Å². The van der Waals surface area contributed by atoms with E-state index in [1.807, 2.05) is 0 Å². The fourth-order valence-corrected chi connectivity index (χ4v) is 1.96. The standard InChI is InChI=1S/C15H12ClF4N3O/c16-10-2-3-11(12(17)7-10)14(24)22-6-5-21-13-4-1-9(8-23-13)15(18,19)20/h1-4,7-8H,5-6H2,(H,21,23)(H,22,24). The van der Waals surface area contributed by atoms with Crippen LogP contribution in [0.15, 0.2) is 36.5 Å². The highest BCUT2D eigenvalue weighted by molar-refractivity contribution is 6.30. The molecule has 0 saturated carbocycles. The van der Waals surface area contributed by atoms with Crippen molar-refractivity contribution in [3.05, 3.63) is 58.5 Å². The van der Waals surface area contributed by atoms with Gasteiger partial charge in [0.2, 0.25) is 0 Å². The summed E-state index contributed by atoms with van der Waals surface area (Å²) in [6, 6.07) is 5.77. The Morgan fingerprint density at radius 2 is 1.92 bits per heavy atom. The number of aromatic nitrogens is 1. The summed E-state index contributed by atoms with van der Waals surface area (Å²) in [7, 11) is 0. The number of halogens is 5. The van der Waals surface area contributed by atoms with Gasteiger partial charge in [0.25, 0.3) is 5.91 Å². The third-order valence-corrected chi connectivity index (χ3v) is 3.22. The van der Waals surface area contributed by atoms with Crippen molar-refractivity contribution in [2.45, 2.75) is 6.18 Å². The third-order valence-electron chi connectivity index (χ3n) is 2.98. The van der Waals surface area contributed by atoms with Crippen LogP contribution in [0.1, 0.15) is 15.9 Å². The Morgan fingerprint density at radius 3 is 2.50 bits per heavy atom. The quantitative estimate of drug-likeness (QED) is 0.630. The molecule has 0 radical (unpaired) electrons. The van der Waals surface area contributed by atoms with Gasteiger partial charge < -0.3 is 10.6 Å². The molecule has 0 aliphatic heterocycles. The molecular formula is C15H12ClF4N3O. The molecule has 0 bridgehead atoms. The molecule has 0 spiro atoms. The van der Waals surface area contributed by atoms with Gasteiger partial charge in [0, 0.05) is 24.3 Å². The van der Waals surface area contributed by atoms with Crippen LogP contribution >= 0.6 is 11.6 Å². The summed E-state index contributed by atoms with van der Waals surface area (Å²) < 4.78 is 50.7. The summed E-state index contributed by atoms with van der Waals surface area (Å²) in [5.74, 6) is -1.13. The van der Waals surface area contributed by atoms with E-state index in [1.165, 1.54) is 18.2 Å². The second kappa shape index (κ2) is 7.48. The second-order valence-electron chi connectivity index (χ2n) is 4.74. The summed E-state index contributed by atoms with van der Waals surface area (Å²) in [5.41, 5.74) is -0.994. The van der Waals surface area contributed by atoms with Gasteiger partial charge in [-0.05, 0) is 30.3 Å². The lowest BCUT2D eigenvalue weighted by Gasteiger charge is -2.09. The predicted octanol–water partition coefficient (Wildman–Crippen LogP) is 3.73. The summed E-state index contributed by atoms with van der Waals surface area (Å²) >= 11 is 5.60. The zero-order valence-electron chi connectivity index (χ0n) is 12.1. The molecule has 0 fully saturated rings. The van der Waals surface area contributed by atoms with Gasteiger partial charge in [-0.2, -0.15) is 13.2 Å². The van der Waals surface area contributed by atoms with Crippen LogP contribution in [0.2, 0.25) is 5.02 Å². The molecule has 0 aliphatic carbocycles. The first-order chi connectivity index (χ1) is 11.3. The van der Waals surface area contributed by atoms with E-state index in [0.717, 1.165) is 12.1 Å². The third kappa shape index (κ3) is 4.82. The maximum absolute atomic E-state index is 13.5. The Bertz CT molecular complexity index is 720. The van der Waals surface area contributed by atoms with Crippen LogP contribution in [-0.4, -0.2) is 24.0 Å². The van der Waals surface area contributed by atoms with E-state index in [2.05, 4.69) is 15.6 Å². The molecular weight excluding hydrogens is 350 g/mol. The Kier molecular flexibility index (Phi) is 5.61. The summed E-state index contributed by atoms with van der Waals surface area (Å²) in [6.45, 7) is 0.336. The summed E-state index contributed by atoms with van der Waals surface area (Å²) in [4.78, 5) is 15.4. The topological polar surface area (TPSA) is 54.0 Å². The maximum atomic E-state index is 13.5. The van der Waals surface area contributed by atoms with Crippen molar-refractivity contribution in [1.82, 2.24) is 10.3 Å². The van der Waals surface area contributed by atoms with E-state index in [0.29, 0.717) is 6.20 Å². The molecule has 0 saturated heterocycles. The van der Waals surface area contributed by atoms with Gasteiger partial charge in [-0.3, -0.25) is 4.79 Å². The average molecular weight is 362 g/mol. The minimum atomic E-state index is -4.44. The molecule has 2 N–H and O–H groups in total. The smallest absolute Gasteiger partial charge is 0.368 e. The minimum absolute atomic E-state index is 0.129. The summed E-state index contributed by atoms with van der Waals surface area (Å²) in [5, 5.41) is 5.40. The SMILES string of the molecule is O=C(NCCNc1ccc(C(F)(F)F)cn1)c1ccc(Cl)cc1F. The van der Waals surface area contributed by atoms with Gasteiger partial charge in [0.05, 0.1) is 11.1 Å². The van der Waals surface area contributed by atoms with Crippen molar-refractivity contribution in [2.24, 2.45) is 0 Å². The molecule has 24 heavy (non-hydrogen) atoms. The van der Waals surface area contributed by atoms with E-state index < -0.39 is 23.5 Å². The molecule has 4 nitrogen and oxygen atoms in total. The first-order valence-electron chi connectivity index (χ1n) is 6.78. The monoisotopic (exact) mass is 361 g/mol. The lowest BCUT2D eigenvalue weighted by atomic mass is 10.2. The van der Waals surface area contributed by atoms with Gasteiger partial charge in [0.1, 0.15) is 11.6 Å². The molecule has 2 aromatic rings. The van der Waals surface area contributed by atoms with Crippen molar-refractivity contribution < 1.29 is 22.4 Å². The van der Waals surface area contributed by atoms with E-state index in [1.54, 1.807) is 0 Å². The normalized spacial score (nSPS) is 11.2. The van der Waals surface area contributed by atoms with Crippen molar-refractivity contribution in [3.8, 4) is 0 Å². The maximum Gasteiger partial charge on any atom is 0.417 e. The van der Waals surface area contributed by atoms with Crippen LogP contribution < -0.4 is 10.6 Å². The lowest BCUT2D eigenvalue weighted by Crippen LogP contribution is -2.29. The molecule has 0 atom stereocenters. The van der Waals surface area contributed by atoms with Crippen LogP contribution in [0.5, 0.6) is 0 Å². The number of pyridine rings is 1. The molecule has 1 aromatic carbocycles. The number of hydrogen-bond acceptors (Lipinski definition) is 3. The number of benzene rings is 1. The number of carbonyl (C=O) groups is 1. The summed E-state index contributed by atoms with van der Waals surface area (Å²) in [6.07, 6.45) is -3.73. The molecule has 1 heterocycles. The number of hydrogen-bond donors (Lipinski definition) is 2. The molecule has 0 aliphatic rings. The first kappa shape index (κ1) is 18.0. The Labute approximate surface area is 139 Å². The van der Waals surface area contributed by atoms with Crippen LogP contribution in [-0.2, 0) is 6.18 Å². The molecule has 2 rings (SSSR count). The number of alkyl halides is 3. The molecule has 9 heteroatoms. The predicted molar refractivity (Wildman–Crippen MR) is 81.5 cm³/mol. The van der Waals surface area contributed by atoms with Crippen molar-refractivity contribution >= 4 is 23.3 Å². The fourth-order valence-electron chi connectivity index (χ4n) is 1.80. The van der Waals surface area contributed by atoms with Crippen LogP contribution in [0, 0.1) is 5.82 Å².